The average Bonchev–Trinajstić information content (AvgIpc) is 3.02. The number of rotatable bonds is 8. The van der Waals surface area contributed by atoms with Crippen molar-refractivity contribution in [1.82, 2.24) is 9.55 Å². The first-order valence-electron chi connectivity index (χ1n) is 7.00. The van der Waals surface area contributed by atoms with Crippen LogP contribution in [0.25, 0.3) is 0 Å². The second-order valence-corrected chi connectivity index (χ2v) is 5.90. The maximum Gasteiger partial charge on any atom is 0.111 e. The predicted molar refractivity (Wildman–Crippen MR) is 79.5 cm³/mol. The minimum Gasteiger partial charge on any atom is -0.393 e. The van der Waals surface area contributed by atoms with Gasteiger partial charge < -0.3 is 9.67 Å². The first-order valence-corrected chi connectivity index (χ1v) is 7.88. The third kappa shape index (κ3) is 4.48. The predicted octanol–water partition coefficient (Wildman–Crippen LogP) is 3.28. The fourth-order valence-corrected chi connectivity index (χ4v) is 3.01. The molecule has 0 spiro atoms. The van der Waals surface area contributed by atoms with E-state index >= 15 is 0 Å². The molecule has 0 aliphatic carbocycles. The summed E-state index contributed by atoms with van der Waals surface area (Å²) in [7, 11) is 0. The minimum absolute atomic E-state index is 0.280. The number of hydrogen-bond donors (Lipinski definition) is 1. The van der Waals surface area contributed by atoms with Crippen molar-refractivity contribution in [2.24, 2.45) is 0 Å². The molecule has 2 heterocycles. The standard InChI is InChI=1S/C15H22N2OS/c1-2-9-17-10-8-16-15(17)12-13(18)5-3-6-14-7-4-11-19-14/h4,7-8,10-11,13,18H,2-3,5-6,9,12H2,1H3. The quantitative estimate of drug-likeness (QED) is 0.804. The SMILES string of the molecule is CCCn1ccnc1CC(O)CCCc1cccs1. The molecule has 19 heavy (non-hydrogen) atoms. The van der Waals surface area contributed by atoms with Crippen LogP contribution in [-0.4, -0.2) is 20.8 Å². The monoisotopic (exact) mass is 278 g/mol. The van der Waals surface area contributed by atoms with Gasteiger partial charge in [0.1, 0.15) is 5.82 Å². The zero-order chi connectivity index (χ0) is 13.5. The molecule has 2 aromatic heterocycles. The van der Waals surface area contributed by atoms with E-state index in [9.17, 15) is 5.11 Å². The summed E-state index contributed by atoms with van der Waals surface area (Å²) in [4.78, 5) is 5.74. The molecule has 0 saturated carbocycles. The van der Waals surface area contributed by atoms with E-state index in [1.807, 2.05) is 12.4 Å². The lowest BCUT2D eigenvalue weighted by Gasteiger charge is -2.11. The number of imidazole rings is 1. The van der Waals surface area contributed by atoms with Gasteiger partial charge in [-0.05, 0) is 37.1 Å². The zero-order valence-electron chi connectivity index (χ0n) is 11.5. The lowest BCUT2D eigenvalue weighted by molar-refractivity contribution is 0.158. The van der Waals surface area contributed by atoms with Gasteiger partial charge in [0.2, 0.25) is 0 Å². The second kappa shape index (κ2) is 7.46. The van der Waals surface area contributed by atoms with Crippen molar-refractivity contribution in [1.29, 1.82) is 0 Å². The molecule has 2 rings (SSSR count). The minimum atomic E-state index is -0.280. The van der Waals surface area contributed by atoms with Crippen LogP contribution in [-0.2, 0) is 19.4 Å². The van der Waals surface area contributed by atoms with Gasteiger partial charge in [-0.15, -0.1) is 11.3 Å². The Bertz CT molecular complexity index is 464. The molecule has 1 N–H and O–H groups in total. The zero-order valence-corrected chi connectivity index (χ0v) is 12.3. The molecule has 0 radical (unpaired) electrons. The molecule has 0 aliphatic heterocycles. The van der Waals surface area contributed by atoms with E-state index in [1.165, 1.54) is 4.88 Å². The smallest absolute Gasteiger partial charge is 0.111 e. The van der Waals surface area contributed by atoms with Gasteiger partial charge in [0.15, 0.2) is 0 Å². The van der Waals surface area contributed by atoms with Gasteiger partial charge in [0.25, 0.3) is 0 Å². The third-order valence-corrected chi connectivity index (χ3v) is 4.16. The molecular weight excluding hydrogens is 256 g/mol. The Kier molecular flexibility index (Phi) is 5.61. The van der Waals surface area contributed by atoms with E-state index in [0.717, 1.165) is 38.1 Å². The molecule has 0 saturated heterocycles. The van der Waals surface area contributed by atoms with Crippen LogP contribution in [0.3, 0.4) is 0 Å². The van der Waals surface area contributed by atoms with E-state index in [1.54, 1.807) is 11.3 Å². The molecular formula is C15H22N2OS. The van der Waals surface area contributed by atoms with Crippen LogP contribution >= 0.6 is 11.3 Å². The van der Waals surface area contributed by atoms with Crippen LogP contribution in [0.15, 0.2) is 29.9 Å². The van der Waals surface area contributed by atoms with Crippen molar-refractivity contribution in [3.05, 3.63) is 40.6 Å². The van der Waals surface area contributed by atoms with E-state index in [2.05, 4.69) is 34.0 Å². The largest absolute Gasteiger partial charge is 0.393 e. The molecule has 0 aromatic carbocycles. The highest BCUT2D eigenvalue weighted by Gasteiger charge is 2.10. The lowest BCUT2D eigenvalue weighted by Crippen LogP contribution is -2.15. The highest BCUT2D eigenvalue weighted by molar-refractivity contribution is 7.09. The van der Waals surface area contributed by atoms with E-state index in [-0.39, 0.29) is 6.10 Å². The van der Waals surface area contributed by atoms with Crippen LogP contribution in [0.2, 0.25) is 0 Å². The van der Waals surface area contributed by atoms with Crippen LogP contribution < -0.4 is 0 Å². The van der Waals surface area contributed by atoms with Gasteiger partial charge in [0.05, 0.1) is 6.10 Å². The summed E-state index contributed by atoms with van der Waals surface area (Å²) in [6, 6.07) is 4.24. The number of thiophene rings is 1. The van der Waals surface area contributed by atoms with Gasteiger partial charge in [-0.25, -0.2) is 4.98 Å². The number of aliphatic hydroxyl groups excluding tert-OH is 1. The molecule has 0 amide bonds. The Labute approximate surface area is 118 Å². The van der Waals surface area contributed by atoms with Gasteiger partial charge in [-0.2, -0.15) is 0 Å². The van der Waals surface area contributed by atoms with E-state index in [0.29, 0.717) is 6.42 Å². The average molecular weight is 278 g/mol. The fourth-order valence-electron chi connectivity index (χ4n) is 2.25. The van der Waals surface area contributed by atoms with E-state index < -0.39 is 0 Å². The highest BCUT2D eigenvalue weighted by Crippen LogP contribution is 2.14. The van der Waals surface area contributed by atoms with Crippen LogP contribution in [0, 0.1) is 0 Å². The van der Waals surface area contributed by atoms with Gasteiger partial charge in [-0.1, -0.05) is 13.0 Å². The molecule has 3 nitrogen and oxygen atoms in total. The summed E-state index contributed by atoms with van der Waals surface area (Å²) in [5, 5.41) is 12.2. The molecule has 104 valence electrons. The lowest BCUT2D eigenvalue weighted by atomic mass is 10.1. The van der Waals surface area contributed by atoms with Crippen molar-refractivity contribution >= 4 is 11.3 Å². The topological polar surface area (TPSA) is 38.0 Å². The first-order chi connectivity index (χ1) is 9.29. The molecule has 2 aromatic rings. The molecule has 0 aliphatic rings. The molecule has 1 unspecified atom stereocenters. The molecule has 4 heteroatoms. The summed E-state index contributed by atoms with van der Waals surface area (Å²) in [6.07, 6.45) is 8.25. The van der Waals surface area contributed by atoms with Gasteiger partial charge >= 0.3 is 0 Å². The molecule has 0 bridgehead atoms. The van der Waals surface area contributed by atoms with Crippen molar-refractivity contribution in [2.45, 2.75) is 51.7 Å². The highest BCUT2D eigenvalue weighted by atomic mass is 32.1. The normalized spacial score (nSPS) is 12.7. The van der Waals surface area contributed by atoms with Crippen LogP contribution in [0.4, 0.5) is 0 Å². The summed E-state index contributed by atoms with van der Waals surface area (Å²) < 4.78 is 2.14. The maximum atomic E-state index is 10.1. The number of aromatic nitrogens is 2. The Morgan fingerprint density at radius 2 is 2.37 bits per heavy atom. The number of nitrogens with zero attached hydrogens (tertiary/aromatic N) is 2. The van der Waals surface area contributed by atoms with Crippen molar-refractivity contribution < 1.29 is 5.11 Å². The van der Waals surface area contributed by atoms with Crippen molar-refractivity contribution in [3.8, 4) is 0 Å². The molecule has 1 atom stereocenters. The summed E-state index contributed by atoms with van der Waals surface area (Å²) in [5.41, 5.74) is 0. The Morgan fingerprint density at radius 3 is 3.11 bits per heavy atom. The summed E-state index contributed by atoms with van der Waals surface area (Å²) in [6.45, 7) is 3.14. The second-order valence-electron chi connectivity index (χ2n) is 4.87. The number of hydrogen-bond acceptors (Lipinski definition) is 3. The first kappa shape index (κ1) is 14.3. The third-order valence-electron chi connectivity index (χ3n) is 3.23. The fraction of sp³-hybridized carbons (Fsp3) is 0.533. The van der Waals surface area contributed by atoms with Gasteiger partial charge in [-0.3, -0.25) is 0 Å². The Morgan fingerprint density at radius 1 is 1.47 bits per heavy atom. The van der Waals surface area contributed by atoms with Gasteiger partial charge in [0, 0.05) is 30.2 Å². The van der Waals surface area contributed by atoms with Crippen molar-refractivity contribution in [2.75, 3.05) is 0 Å². The van der Waals surface area contributed by atoms with Crippen LogP contribution in [0.1, 0.15) is 36.9 Å². The summed E-state index contributed by atoms with van der Waals surface area (Å²) in [5.74, 6) is 1.01. The summed E-state index contributed by atoms with van der Waals surface area (Å²) >= 11 is 1.79. The Hall–Kier alpha value is -1.13. The Balaban J connectivity index is 1.74. The van der Waals surface area contributed by atoms with E-state index in [4.69, 9.17) is 0 Å². The van der Waals surface area contributed by atoms with Crippen molar-refractivity contribution in [3.63, 3.8) is 0 Å². The molecule has 0 fully saturated rings. The number of aryl methyl sites for hydroxylation is 2. The van der Waals surface area contributed by atoms with Crippen LogP contribution in [0.5, 0.6) is 0 Å². The maximum absolute atomic E-state index is 10.1. The number of aliphatic hydroxyl groups is 1.